The van der Waals surface area contributed by atoms with Crippen LogP contribution in [0.4, 0.5) is 0 Å². The number of rotatable bonds is 6. The number of aliphatic hydroxyl groups is 1. The van der Waals surface area contributed by atoms with Crippen LogP contribution in [0.5, 0.6) is 11.5 Å². The number of carbonyl (C=O) groups is 2. The van der Waals surface area contributed by atoms with Gasteiger partial charge in [-0.2, -0.15) is 0 Å². The highest BCUT2D eigenvalue weighted by Gasteiger charge is 2.46. The van der Waals surface area contributed by atoms with E-state index < -0.39 is 17.7 Å². The van der Waals surface area contributed by atoms with Crippen molar-refractivity contribution in [2.75, 3.05) is 14.2 Å². The van der Waals surface area contributed by atoms with Crippen LogP contribution in [0.1, 0.15) is 60.2 Å². The molecule has 1 atom stereocenters. The number of carbonyl (C=O) groups excluding carboxylic acids is 2. The summed E-state index contributed by atoms with van der Waals surface area (Å²) in [5.74, 6) is -0.138. The molecule has 1 aliphatic heterocycles. The Hall–Kier alpha value is -4.06. The van der Waals surface area contributed by atoms with E-state index in [-0.39, 0.29) is 23.3 Å². The number of nitrogens with zero attached hydrogens (tertiary/aromatic N) is 1. The van der Waals surface area contributed by atoms with Gasteiger partial charge in [-0.3, -0.25) is 9.59 Å². The topological polar surface area (TPSA) is 76.1 Å². The third kappa shape index (κ3) is 5.03. The molecular weight excluding hydrogens is 478 g/mol. The molecule has 3 aromatic carbocycles. The first-order valence-corrected chi connectivity index (χ1v) is 12.6. The van der Waals surface area contributed by atoms with Crippen molar-refractivity contribution >= 4 is 17.4 Å². The summed E-state index contributed by atoms with van der Waals surface area (Å²) in [5, 5.41) is 11.6. The standard InChI is InChI=1S/C32H35NO5/c1-19-17-26(38-7)20(2)16-25(19)29(34)27-28(22-10-12-23(13-11-22)32(3,4)5)33(31(36)30(27)35)18-21-8-14-24(37-6)15-9-21/h8-17,28,34H,18H2,1-7H3/b29-27+. The van der Waals surface area contributed by atoms with Crippen LogP contribution in [0.15, 0.2) is 66.2 Å². The molecule has 4 rings (SSSR count). The van der Waals surface area contributed by atoms with E-state index in [9.17, 15) is 14.7 Å². The molecule has 38 heavy (non-hydrogen) atoms. The van der Waals surface area contributed by atoms with E-state index in [0.717, 1.165) is 27.8 Å². The lowest BCUT2D eigenvalue weighted by Gasteiger charge is -2.27. The van der Waals surface area contributed by atoms with E-state index in [0.29, 0.717) is 17.1 Å². The van der Waals surface area contributed by atoms with Crippen molar-refractivity contribution in [3.63, 3.8) is 0 Å². The Labute approximate surface area is 224 Å². The highest BCUT2D eigenvalue weighted by Crippen LogP contribution is 2.42. The van der Waals surface area contributed by atoms with Gasteiger partial charge in [0.25, 0.3) is 11.7 Å². The summed E-state index contributed by atoms with van der Waals surface area (Å²) in [6, 6.07) is 18.2. The van der Waals surface area contributed by atoms with Crippen molar-refractivity contribution in [2.24, 2.45) is 0 Å². The zero-order chi connectivity index (χ0) is 27.8. The molecule has 6 heteroatoms. The Morgan fingerprint density at radius 1 is 0.895 bits per heavy atom. The number of amides is 1. The van der Waals surface area contributed by atoms with Crippen LogP contribution in [-0.4, -0.2) is 35.9 Å². The van der Waals surface area contributed by atoms with Gasteiger partial charge in [0.15, 0.2) is 0 Å². The van der Waals surface area contributed by atoms with Crippen LogP contribution < -0.4 is 9.47 Å². The third-order valence-electron chi connectivity index (χ3n) is 7.14. The Morgan fingerprint density at radius 3 is 2.08 bits per heavy atom. The second-order valence-electron chi connectivity index (χ2n) is 10.8. The van der Waals surface area contributed by atoms with E-state index in [2.05, 4.69) is 20.8 Å². The van der Waals surface area contributed by atoms with E-state index in [4.69, 9.17) is 9.47 Å². The largest absolute Gasteiger partial charge is 0.507 e. The maximum atomic E-state index is 13.5. The molecule has 1 unspecified atom stereocenters. The van der Waals surface area contributed by atoms with Crippen molar-refractivity contribution in [3.8, 4) is 11.5 Å². The predicted octanol–water partition coefficient (Wildman–Crippen LogP) is 6.24. The van der Waals surface area contributed by atoms with Gasteiger partial charge in [0, 0.05) is 12.1 Å². The molecule has 0 spiro atoms. The Bertz CT molecular complexity index is 1400. The zero-order valence-corrected chi connectivity index (χ0v) is 23.1. The molecule has 1 saturated heterocycles. The summed E-state index contributed by atoms with van der Waals surface area (Å²) in [5.41, 5.74) is 4.83. The Kier molecular flexibility index (Phi) is 7.36. The number of hydrogen-bond donors (Lipinski definition) is 1. The van der Waals surface area contributed by atoms with E-state index >= 15 is 0 Å². The number of hydrogen-bond acceptors (Lipinski definition) is 5. The molecule has 6 nitrogen and oxygen atoms in total. The molecule has 1 N–H and O–H groups in total. The number of aliphatic hydroxyl groups excluding tert-OH is 1. The number of ketones is 1. The summed E-state index contributed by atoms with van der Waals surface area (Å²) in [6.07, 6.45) is 0. The summed E-state index contributed by atoms with van der Waals surface area (Å²) in [7, 11) is 3.19. The first-order chi connectivity index (χ1) is 18.0. The van der Waals surface area contributed by atoms with Gasteiger partial charge in [-0.05, 0) is 71.3 Å². The second kappa shape index (κ2) is 10.4. The van der Waals surface area contributed by atoms with Gasteiger partial charge in [0.05, 0.1) is 25.8 Å². The number of ether oxygens (including phenoxy) is 2. The quantitative estimate of drug-likeness (QED) is 0.240. The van der Waals surface area contributed by atoms with Gasteiger partial charge in [0.2, 0.25) is 0 Å². The lowest BCUT2D eigenvalue weighted by atomic mass is 9.85. The first-order valence-electron chi connectivity index (χ1n) is 12.6. The number of methoxy groups -OCH3 is 2. The molecule has 0 aromatic heterocycles. The van der Waals surface area contributed by atoms with Crippen molar-refractivity contribution in [1.29, 1.82) is 0 Å². The van der Waals surface area contributed by atoms with Crippen LogP contribution in [0.3, 0.4) is 0 Å². The van der Waals surface area contributed by atoms with Crippen molar-refractivity contribution in [3.05, 3.63) is 99.6 Å². The van der Waals surface area contributed by atoms with Crippen LogP contribution in [0, 0.1) is 13.8 Å². The van der Waals surface area contributed by atoms with Crippen LogP contribution >= 0.6 is 0 Å². The zero-order valence-electron chi connectivity index (χ0n) is 23.1. The van der Waals surface area contributed by atoms with Crippen molar-refractivity contribution in [2.45, 2.75) is 52.6 Å². The summed E-state index contributed by atoms with van der Waals surface area (Å²) in [4.78, 5) is 28.5. The SMILES string of the molecule is COc1ccc(CN2C(=O)C(=O)/C(=C(/O)c3cc(C)c(OC)cc3C)C2c2ccc(C(C)(C)C)cc2)cc1. The fourth-order valence-corrected chi connectivity index (χ4v) is 4.89. The van der Waals surface area contributed by atoms with Gasteiger partial charge in [-0.25, -0.2) is 0 Å². The number of likely N-dealkylation sites (tertiary alicyclic amines) is 1. The Balaban J connectivity index is 1.87. The van der Waals surface area contributed by atoms with Crippen molar-refractivity contribution < 1.29 is 24.2 Å². The minimum atomic E-state index is -0.743. The number of aryl methyl sites for hydroxylation is 2. The average Bonchev–Trinajstić information content (AvgIpc) is 3.14. The molecule has 0 saturated carbocycles. The fraction of sp³-hybridized carbons (Fsp3) is 0.312. The normalized spacial score (nSPS) is 17.1. The number of Topliss-reactive ketones (excluding diaryl/α,β-unsaturated/α-hetero) is 1. The maximum Gasteiger partial charge on any atom is 0.295 e. The second-order valence-corrected chi connectivity index (χ2v) is 10.8. The van der Waals surface area contributed by atoms with E-state index in [1.165, 1.54) is 4.90 Å². The molecule has 1 aliphatic rings. The average molecular weight is 514 g/mol. The molecule has 198 valence electrons. The highest BCUT2D eigenvalue weighted by molar-refractivity contribution is 6.46. The molecular formula is C32H35NO5. The molecule has 0 aliphatic carbocycles. The van der Waals surface area contributed by atoms with Gasteiger partial charge < -0.3 is 19.5 Å². The third-order valence-corrected chi connectivity index (χ3v) is 7.14. The van der Waals surface area contributed by atoms with Gasteiger partial charge in [0.1, 0.15) is 17.3 Å². The minimum Gasteiger partial charge on any atom is -0.507 e. The van der Waals surface area contributed by atoms with Gasteiger partial charge >= 0.3 is 0 Å². The molecule has 1 amide bonds. The smallest absolute Gasteiger partial charge is 0.295 e. The summed E-state index contributed by atoms with van der Waals surface area (Å²) < 4.78 is 10.7. The monoisotopic (exact) mass is 513 g/mol. The maximum absolute atomic E-state index is 13.5. The minimum absolute atomic E-state index is 0.0544. The highest BCUT2D eigenvalue weighted by atomic mass is 16.5. The Morgan fingerprint density at radius 2 is 1.53 bits per heavy atom. The fourth-order valence-electron chi connectivity index (χ4n) is 4.89. The van der Waals surface area contributed by atoms with Crippen LogP contribution in [0.2, 0.25) is 0 Å². The van der Waals surface area contributed by atoms with Crippen LogP contribution in [0.25, 0.3) is 5.76 Å². The lowest BCUT2D eigenvalue weighted by Crippen LogP contribution is -2.29. The predicted molar refractivity (Wildman–Crippen MR) is 148 cm³/mol. The molecule has 1 heterocycles. The molecule has 0 bridgehead atoms. The molecule has 3 aromatic rings. The lowest BCUT2D eigenvalue weighted by molar-refractivity contribution is -0.140. The molecule has 0 radical (unpaired) electrons. The molecule has 1 fully saturated rings. The first kappa shape index (κ1) is 27.0. The van der Waals surface area contributed by atoms with Gasteiger partial charge in [-0.15, -0.1) is 0 Å². The van der Waals surface area contributed by atoms with Gasteiger partial charge in [-0.1, -0.05) is 57.2 Å². The van der Waals surface area contributed by atoms with E-state index in [1.807, 2.05) is 68.4 Å². The van der Waals surface area contributed by atoms with E-state index in [1.54, 1.807) is 20.3 Å². The summed E-state index contributed by atoms with van der Waals surface area (Å²) in [6.45, 7) is 10.3. The van der Waals surface area contributed by atoms with Crippen LogP contribution in [-0.2, 0) is 21.5 Å². The number of benzene rings is 3. The van der Waals surface area contributed by atoms with Crippen molar-refractivity contribution in [1.82, 2.24) is 4.90 Å². The summed E-state index contributed by atoms with van der Waals surface area (Å²) >= 11 is 0.